The Kier molecular flexibility index (Phi) is 7.25. The SMILES string of the molecule is COc1ccc(CCCN(C)CC(=O)N2CCN(C(C)=O)CC2)cc1. The van der Waals surface area contributed by atoms with Gasteiger partial charge in [0, 0.05) is 33.1 Å². The molecule has 0 unspecified atom stereocenters. The zero-order chi connectivity index (χ0) is 18.2. The molecule has 138 valence electrons. The minimum absolute atomic E-state index is 0.0859. The van der Waals surface area contributed by atoms with Gasteiger partial charge in [-0.1, -0.05) is 12.1 Å². The lowest BCUT2D eigenvalue weighted by molar-refractivity contribution is -0.139. The van der Waals surface area contributed by atoms with E-state index in [2.05, 4.69) is 17.0 Å². The van der Waals surface area contributed by atoms with E-state index >= 15 is 0 Å². The lowest BCUT2D eigenvalue weighted by Gasteiger charge is -2.35. The molecule has 1 saturated heterocycles. The summed E-state index contributed by atoms with van der Waals surface area (Å²) in [5.74, 6) is 1.11. The second-order valence-corrected chi connectivity index (χ2v) is 6.58. The molecule has 0 bridgehead atoms. The average molecular weight is 347 g/mol. The van der Waals surface area contributed by atoms with Crippen LogP contribution in [0, 0.1) is 0 Å². The van der Waals surface area contributed by atoms with E-state index in [9.17, 15) is 9.59 Å². The Morgan fingerprint density at radius 2 is 1.68 bits per heavy atom. The standard InChI is InChI=1S/C19H29N3O3/c1-16(23)21-11-13-22(14-12-21)19(24)15-20(2)10-4-5-17-6-8-18(25-3)9-7-17/h6-9H,4-5,10-15H2,1-3H3. The fourth-order valence-electron chi connectivity index (χ4n) is 3.03. The Labute approximate surface area is 150 Å². The number of hydrogen-bond acceptors (Lipinski definition) is 4. The van der Waals surface area contributed by atoms with Crippen molar-refractivity contribution < 1.29 is 14.3 Å². The van der Waals surface area contributed by atoms with Gasteiger partial charge in [0.1, 0.15) is 5.75 Å². The molecule has 1 aromatic rings. The van der Waals surface area contributed by atoms with Crippen LogP contribution in [0.1, 0.15) is 18.9 Å². The van der Waals surface area contributed by atoms with Crippen molar-refractivity contribution in [2.24, 2.45) is 0 Å². The monoisotopic (exact) mass is 347 g/mol. The lowest BCUT2D eigenvalue weighted by Crippen LogP contribution is -2.52. The fourth-order valence-corrected chi connectivity index (χ4v) is 3.03. The van der Waals surface area contributed by atoms with Gasteiger partial charge in [0.25, 0.3) is 0 Å². The van der Waals surface area contributed by atoms with Crippen LogP contribution in [0.5, 0.6) is 5.75 Å². The van der Waals surface area contributed by atoms with E-state index in [0.717, 1.165) is 25.1 Å². The van der Waals surface area contributed by atoms with Crippen molar-refractivity contribution in [3.8, 4) is 5.75 Å². The molecule has 0 spiro atoms. The van der Waals surface area contributed by atoms with Crippen molar-refractivity contribution in [1.29, 1.82) is 0 Å². The maximum atomic E-state index is 12.4. The summed E-state index contributed by atoms with van der Waals surface area (Å²) in [6.45, 7) is 5.45. The van der Waals surface area contributed by atoms with Crippen LogP contribution in [0.3, 0.4) is 0 Å². The van der Waals surface area contributed by atoms with E-state index in [0.29, 0.717) is 32.7 Å². The van der Waals surface area contributed by atoms with Gasteiger partial charge in [-0.15, -0.1) is 0 Å². The number of carbonyl (C=O) groups excluding carboxylic acids is 2. The third-order valence-electron chi connectivity index (χ3n) is 4.65. The molecular weight excluding hydrogens is 318 g/mol. The molecule has 1 aromatic carbocycles. The number of carbonyl (C=O) groups is 2. The number of benzene rings is 1. The van der Waals surface area contributed by atoms with E-state index in [4.69, 9.17) is 4.74 Å². The van der Waals surface area contributed by atoms with Crippen molar-refractivity contribution >= 4 is 11.8 Å². The van der Waals surface area contributed by atoms with Crippen molar-refractivity contribution in [3.63, 3.8) is 0 Å². The van der Waals surface area contributed by atoms with Crippen molar-refractivity contribution in [1.82, 2.24) is 14.7 Å². The molecule has 25 heavy (non-hydrogen) atoms. The molecule has 0 aromatic heterocycles. The number of ether oxygens (including phenoxy) is 1. The smallest absolute Gasteiger partial charge is 0.236 e. The third kappa shape index (κ3) is 6.05. The van der Waals surface area contributed by atoms with Gasteiger partial charge in [-0.3, -0.25) is 14.5 Å². The molecule has 6 nitrogen and oxygen atoms in total. The van der Waals surface area contributed by atoms with Crippen LogP contribution in [-0.2, 0) is 16.0 Å². The Morgan fingerprint density at radius 1 is 1.08 bits per heavy atom. The Hall–Kier alpha value is -2.08. The van der Waals surface area contributed by atoms with Gasteiger partial charge in [-0.25, -0.2) is 0 Å². The first-order chi connectivity index (χ1) is 12.0. The second-order valence-electron chi connectivity index (χ2n) is 6.58. The number of aryl methyl sites for hydroxylation is 1. The minimum atomic E-state index is 0.0859. The summed E-state index contributed by atoms with van der Waals surface area (Å²) in [5, 5.41) is 0. The number of likely N-dealkylation sites (N-methyl/N-ethyl adjacent to an activating group) is 1. The van der Waals surface area contributed by atoms with E-state index < -0.39 is 0 Å². The van der Waals surface area contributed by atoms with E-state index in [1.807, 2.05) is 24.1 Å². The molecular formula is C19H29N3O3. The third-order valence-corrected chi connectivity index (χ3v) is 4.65. The molecule has 6 heteroatoms. The molecule has 0 saturated carbocycles. The van der Waals surface area contributed by atoms with Gasteiger partial charge in [-0.05, 0) is 44.1 Å². The largest absolute Gasteiger partial charge is 0.497 e. The van der Waals surface area contributed by atoms with Crippen LogP contribution in [0.2, 0.25) is 0 Å². The molecule has 1 fully saturated rings. The van der Waals surface area contributed by atoms with Gasteiger partial charge >= 0.3 is 0 Å². The number of methoxy groups -OCH3 is 1. The van der Waals surface area contributed by atoms with Crippen LogP contribution in [0.25, 0.3) is 0 Å². The summed E-state index contributed by atoms with van der Waals surface area (Å²) in [6, 6.07) is 8.11. The summed E-state index contributed by atoms with van der Waals surface area (Å²) in [5.41, 5.74) is 1.28. The van der Waals surface area contributed by atoms with Gasteiger partial charge in [-0.2, -0.15) is 0 Å². The quantitative estimate of drug-likeness (QED) is 0.745. The lowest BCUT2D eigenvalue weighted by atomic mass is 10.1. The van der Waals surface area contributed by atoms with Crippen LogP contribution < -0.4 is 4.74 Å². The topological polar surface area (TPSA) is 53.1 Å². The molecule has 1 aliphatic heterocycles. The average Bonchev–Trinajstić information content (AvgIpc) is 2.62. The van der Waals surface area contributed by atoms with Gasteiger partial charge in [0.15, 0.2) is 0 Å². The minimum Gasteiger partial charge on any atom is -0.497 e. The molecule has 2 amide bonds. The summed E-state index contributed by atoms with van der Waals surface area (Å²) in [7, 11) is 3.65. The summed E-state index contributed by atoms with van der Waals surface area (Å²) < 4.78 is 5.16. The molecule has 2 rings (SSSR count). The zero-order valence-corrected chi connectivity index (χ0v) is 15.5. The summed E-state index contributed by atoms with van der Waals surface area (Å²) in [6.07, 6.45) is 1.99. The summed E-state index contributed by atoms with van der Waals surface area (Å²) >= 11 is 0. The van der Waals surface area contributed by atoms with Crippen LogP contribution in [-0.4, -0.2) is 79.9 Å². The number of hydrogen-bond donors (Lipinski definition) is 0. The Bertz CT molecular complexity index is 566. The summed E-state index contributed by atoms with van der Waals surface area (Å²) in [4.78, 5) is 29.4. The first-order valence-electron chi connectivity index (χ1n) is 8.84. The maximum Gasteiger partial charge on any atom is 0.236 e. The number of piperazine rings is 1. The first-order valence-corrected chi connectivity index (χ1v) is 8.84. The predicted octanol–water partition coefficient (Wildman–Crippen LogP) is 1.25. The normalized spacial score (nSPS) is 14.7. The van der Waals surface area contributed by atoms with Crippen LogP contribution in [0.4, 0.5) is 0 Å². The molecule has 0 N–H and O–H groups in total. The van der Waals surface area contributed by atoms with Crippen LogP contribution in [0.15, 0.2) is 24.3 Å². The molecule has 0 radical (unpaired) electrons. The van der Waals surface area contributed by atoms with Crippen molar-refractivity contribution in [2.75, 3.05) is 53.4 Å². The molecule has 1 heterocycles. The molecule has 1 aliphatic rings. The Morgan fingerprint density at radius 3 is 2.24 bits per heavy atom. The molecule has 0 aliphatic carbocycles. The van der Waals surface area contributed by atoms with Crippen LogP contribution >= 0.6 is 0 Å². The highest BCUT2D eigenvalue weighted by Crippen LogP contribution is 2.12. The molecule has 0 atom stereocenters. The fraction of sp³-hybridized carbons (Fsp3) is 0.579. The van der Waals surface area contributed by atoms with Gasteiger partial charge in [0.2, 0.25) is 11.8 Å². The number of nitrogens with zero attached hydrogens (tertiary/aromatic N) is 3. The maximum absolute atomic E-state index is 12.4. The van der Waals surface area contributed by atoms with Gasteiger partial charge < -0.3 is 14.5 Å². The predicted molar refractivity (Wildman–Crippen MR) is 97.6 cm³/mol. The van der Waals surface area contributed by atoms with E-state index in [-0.39, 0.29) is 11.8 Å². The zero-order valence-electron chi connectivity index (χ0n) is 15.5. The number of rotatable bonds is 7. The number of amides is 2. The van der Waals surface area contributed by atoms with E-state index in [1.165, 1.54) is 5.56 Å². The van der Waals surface area contributed by atoms with Crippen molar-refractivity contribution in [3.05, 3.63) is 29.8 Å². The van der Waals surface area contributed by atoms with Gasteiger partial charge in [0.05, 0.1) is 13.7 Å². The highest BCUT2D eigenvalue weighted by Gasteiger charge is 2.22. The Balaban J connectivity index is 1.66. The second kappa shape index (κ2) is 9.42. The highest BCUT2D eigenvalue weighted by atomic mass is 16.5. The van der Waals surface area contributed by atoms with E-state index in [1.54, 1.807) is 18.9 Å². The van der Waals surface area contributed by atoms with Crippen molar-refractivity contribution in [2.45, 2.75) is 19.8 Å². The first kappa shape index (κ1) is 19.2. The highest BCUT2D eigenvalue weighted by molar-refractivity contribution is 5.79.